The van der Waals surface area contributed by atoms with Gasteiger partial charge in [0.25, 0.3) is 0 Å². The molecule has 118 valence electrons. The Balaban J connectivity index is 1.94. The molecule has 2 heteroatoms. The predicted octanol–water partition coefficient (Wildman–Crippen LogP) is 4.57. The minimum absolute atomic E-state index is 0.193. The number of rotatable bonds is 6. The first-order valence-electron chi connectivity index (χ1n) is 8.58. The number of piperidine rings is 1. The quantitative estimate of drug-likeness (QED) is 0.775. The summed E-state index contributed by atoms with van der Waals surface area (Å²) in [4.78, 5) is 2.63. The van der Waals surface area contributed by atoms with E-state index in [2.05, 4.69) is 31.7 Å². The predicted molar refractivity (Wildman–Crippen MR) is 89.8 cm³/mol. The Morgan fingerprint density at radius 2 is 2.10 bits per heavy atom. The van der Waals surface area contributed by atoms with Crippen LogP contribution in [0.3, 0.4) is 0 Å². The maximum atomic E-state index is 9.75. The van der Waals surface area contributed by atoms with Gasteiger partial charge in [0.05, 0.1) is 0 Å². The van der Waals surface area contributed by atoms with E-state index in [-0.39, 0.29) is 5.41 Å². The molecule has 0 aliphatic carbocycles. The van der Waals surface area contributed by atoms with Crippen LogP contribution < -0.4 is 0 Å². The summed E-state index contributed by atoms with van der Waals surface area (Å²) in [7, 11) is 0. The van der Waals surface area contributed by atoms with Crippen molar-refractivity contribution in [3.63, 3.8) is 0 Å². The molecule has 2 atom stereocenters. The van der Waals surface area contributed by atoms with Gasteiger partial charge in [0.2, 0.25) is 0 Å². The Hall–Kier alpha value is -1.02. The zero-order chi connectivity index (χ0) is 15.3. The largest absolute Gasteiger partial charge is 0.508 e. The molecular formula is C19H31NO. The number of aromatic hydroxyl groups is 1. The van der Waals surface area contributed by atoms with Gasteiger partial charge in [-0.05, 0) is 55.0 Å². The first-order valence-corrected chi connectivity index (χ1v) is 8.58. The second-order valence-corrected chi connectivity index (χ2v) is 6.98. The van der Waals surface area contributed by atoms with E-state index in [4.69, 9.17) is 0 Å². The summed E-state index contributed by atoms with van der Waals surface area (Å²) in [6.07, 6.45) is 6.57. The van der Waals surface area contributed by atoms with Gasteiger partial charge in [-0.2, -0.15) is 0 Å². The third kappa shape index (κ3) is 4.00. The van der Waals surface area contributed by atoms with Crippen LogP contribution in [-0.4, -0.2) is 29.6 Å². The average molecular weight is 289 g/mol. The van der Waals surface area contributed by atoms with Crippen molar-refractivity contribution in [2.75, 3.05) is 19.6 Å². The fourth-order valence-corrected chi connectivity index (χ4v) is 3.57. The van der Waals surface area contributed by atoms with Crippen molar-refractivity contribution in [1.82, 2.24) is 4.90 Å². The number of hydrogen-bond donors (Lipinski definition) is 1. The Morgan fingerprint density at radius 3 is 2.76 bits per heavy atom. The highest BCUT2D eigenvalue weighted by Crippen LogP contribution is 2.40. The molecule has 1 fully saturated rings. The molecule has 0 radical (unpaired) electrons. The fourth-order valence-electron chi connectivity index (χ4n) is 3.57. The molecule has 1 saturated heterocycles. The van der Waals surface area contributed by atoms with Crippen molar-refractivity contribution in [3.05, 3.63) is 29.8 Å². The number of hydrogen-bond acceptors (Lipinski definition) is 2. The van der Waals surface area contributed by atoms with E-state index in [0.29, 0.717) is 11.7 Å². The maximum Gasteiger partial charge on any atom is 0.115 e. The summed E-state index contributed by atoms with van der Waals surface area (Å²) < 4.78 is 0. The molecule has 1 N–H and O–H groups in total. The van der Waals surface area contributed by atoms with E-state index in [9.17, 15) is 5.11 Å². The summed E-state index contributed by atoms with van der Waals surface area (Å²) >= 11 is 0. The normalized spacial score (nSPS) is 26.9. The van der Waals surface area contributed by atoms with E-state index in [1.807, 2.05) is 12.1 Å². The lowest BCUT2D eigenvalue weighted by molar-refractivity contribution is 0.109. The molecule has 1 aromatic carbocycles. The maximum absolute atomic E-state index is 9.75. The zero-order valence-electron chi connectivity index (χ0n) is 13.9. The van der Waals surface area contributed by atoms with Gasteiger partial charge in [-0.1, -0.05) is 52.2 Å². The van der Waals surface area contributed by atoms with Gasteiger partial charge in [0.15, 0.2) is 0 Å². The third-order valence-corrected chi connectivity index (χ3v) is 5.40. The standard InChI is InChI=1S/C19H31NO/c1-4-5-6-7-12-20-13-11-19(3,16(2)15-20)17-9-8-10-18(21)14-17/h8-10,14,16,21H,4-7,11-13,15H2,1-3H3/t16-,19-/m0/s1. The van der Waals surface area contributed by atoms with Crippen LogP contribution in [-0.2, 0) is 5.41 Å². The van der Waals surface area contributed by atoms with E-state index < -0.39 is 0 Å². The van der Waals surface area contributed by atoms with Gasteiger partial charge in [0, 0.05) is 6.54 Å². The summed E-state index contributed by atoms with van der Waals surface area (Å²) in [5.74, 6) is 1.02. The van der Waals surface area contributed by atoms with Crippen LogP contribution in [0.5, 0.6) is 5.75 Å². The van der Waals surface area contributed by atoms with Gasteiger partial charge in [-0.25, -0.2) is 0 Å². The topological polar surface area (TPSA) is 23.5 Å². The van der Waals surface area contributed by atoms with Gasteiger partial charge in [-0.15, -0.1) is 0 Å². The summed E-state index contributed by atoms with van der Waals surface area (Å²) in [6.45, 7) is 10.6. The number of nitrogens with zero attached hydrogens (tertiary/aromatic N) is 1. The van der Waals surface area contributed by atoms with Crippen LogP contribution in [0.15, 0.2) is 24.3 Å². The second-order valence-electron chi connectivity index (χ2n) is 6.98. The highest BCUT2D eigenvalue weighted by Gasteiger charge is 2.37. The number of unbranched alkanes of at least 4 members (excludes halogenated alkanes) is 3. The molecule has 1 aliphatic rings. The van der Waals surface area contributed by atoms with E-state index in [0.717, 1.165) is 0 Å². The van der Waals surface area contributed by atoms with E-state index >= 15 is 0 Å². The van der Waals surface area contributed by atoms with Gasteiger partial charge >= 0.3 is 0 Å². The number of benzene rings is 1. The van der Waals surface area contributed by atoms with Crippen molar-refractivity contribution in [3.8, 4) is 5.75 Å². The van der Waals surface area contributed by atoms with Crippen molar-refractivity contribution < 1.29 is 5.11 Å². The lowest BCUT2D eigenvalue weighted by Crippen LogP contribution is -2.47. The lowest BCUT2D eigenvalue weighted by Gasteiger charge is -2.45. The lowest BCUT2D eigenvalue weighted by atomic mass is 9.68. The summed E-state index contributed by atoms with van der Waals surface area (Å²) in [6, 6.07) is 7.86. The fraction of sp³-hybridized carbons (Fsp3) is 0.684. The van der Waals surface area contributed by atoms with Gasteiger partial charge < -0.3 is 10.0 Å². The van der Waals surface area contributed by atoms with Crippen molar-refractivity contribution in [2.24, 2.45) is 5.92 Å². The molecule has 21 heavy (non-hydrogen) atoms. The number of phenolic OH excluding ortho intramolecular Hbond substituents is 1. The van der Waals surface area contributed by atoms with Crippen LogP contribution in [0, 0.1) is 5.92 Å². The van der Waals surface area contributed by atoms with Crippen LogP contribution in [0.4, 0.5) is 0 Å². The zero-order valence-corrected chi connectivity index (χ0v) is 13.9. The van der Waals surface area contributed by atoms with E-state index in [1.54, 1.807) is 6.07 Å². The van der Waals surface area contributed by atoms with Gasteiger partial charge in [0.1, 0.15) is 5.75 Å². The second kappa shape index (κ2) is 7.31. The molecule has 2 rings (SSSR count). The first kappa shape index (κ1) is 16.4. The summed E-state index contributed by atoms with van der Waals surface area (Å²) in [5.41, 5.74) is 1.49. The third-order valence-electron chi connectivity index (χ3n) is 5.40. The molecule has 0 saturated carbocycles. The molecule has 0 unspecified atom stereocenters. The molecule has 0 spiro atoms. The SMILES string of the molecule is CCCCCCN1CC[C@](C)(c2cccc(O)c2)[C@@H](C)C1. The Labute approximate surface area is 130 Å². The highest BCUT2D eigenvalue weighted by molar-refractivity contribution is 5.33. The monoisotopic (exact) mass is 289 g/mol. The number of phenols is 1. The Morgan fingerprint density at radius 1 is 1.29 bits per heavy atom. The molecule has 0 bridgehead atoms. The highest BCUT2D eigenvalue weighted by atomic mass is 16.3. The Kier molecular flexibility index (Phi) is 5.69. The molecule has 1 aromatic rings. The van der Waals surface area contributed by atoms with Crippen molar-refractivity contribution >= 4 is 0 Å². The van der Waals surface area contributed by atoms with Gasteiger partial charge in [-0.3, -0.25) is 0 Å². The molecule has 0 aromatic heterocycles. The van der Waals surface area contributed by atoms with Crippen LogP contribution in [0.1, 0.15) is 58.4 Å². The minimum Gasteiger partial charge on any atom is -0.508 e. The molecule has 2 nitrogen and oxygen atoms in total. The molecule has 0 amide bonds. The Bertz CT molecular complexity index is 445. The smallest absolute Gasteiger partial charge is 0.115 e. The van der Waals surface area contributed by atoms with Crippen LogP contribution in [0.2, 0.25) is 0 Å². The van der Waals surface area contributed by atoms with Crippen molar-refractivity contribution in [2.45, 2.75) is 58.3 Å². The van der Waals surface area contributed by atoms with E-state index in [1.165, 1.54) is 57.3 Å². The molecule has 1 aliphatic heterocycles. The molecule has 1 heterocycles. The minimum atomic E-state index is 0.193. The number of likely N-dealkylation sites (tertiary alicyclic amines) is 1. The van der Waals surface area contributed by atoms with Crippen molar-refractivity contribution in [1.29, 1.82) is 0 Å². The molecular weight excluding hydrogens is 258 g/mol. The summed E-state index contributed by atoms with van der Waals surface area (Å²) in [5, 5.41) is 9.75. The first-order chi connectivity index (χ1) is 10.1. The van der Waals surface area contributed by atoms with Crippen LogP contribution >= 0.6 is 0 Å². The van der Waals surface area contributed by atoms with Crippen LogP contribution in [0.25, 0.3) is 0 Å². The average Bonchev–Trinajstić information content (AvgIpc) is 2.47.